The zero-order valence-corrected chi connectivity index (χ0v) is 11.3. The predicted octanol–water partition coefficient (Wildman–Crippen LogP) is 2.77. The van der Waals surface area contributed by atoms with Crippen molar-refractivity contribution < 1.29 is 14.6 Å². The van der Waals surface area contributed by atoms with Crippen LogP contribution < -0.4 is 0 Å². The number of fused-ring (bicyclic) bond motifs is 2. The minimum Gasteiger partial charge on any atom is -0.474 e. The van der Waals surface area contributed by atoms with Crippen LogP contribution in [0.2, 0.25) is 0 Å². The third-order valence-corrected chi connectivity index (χ3v) is 4.49. The van der Waals surface area contributed by atoms with Crippen molar-refractivity contribution in [1.82, 2.24) is 0 Å². The second kappa shape index (κ2) is 4.47. The van der Waals surface area contributed by atoms with Crippen LogP contribution in [0.4, 0.5) is 0 Å². The average molecular weight is 270 g/mol. The number of hydrogen-bond acceptors (Lipinski definition) is 3. The number of hydrogen-bond donors (Lipinski definition) is 1. The lowest BCUT2D eigenvalue weighted by Gasteiger charge is -2.38. The first kappa shape index (κ1) is 12.2. The molecular weight excluding hydrogens is 252 g/mol. The van der Waals surface area contributed by atoms with E-state index >= 15 is 0 Å². The van der Waals surface area contributed by atoms with Gasteiger partial charge >= 0.3 is 0 Å². The Hall–Kier alpha value is -1.58. The second-order valence-corrected chi connectivity index (χ2v) is 5.82. The van der Waals surface area contributed by atoms with Gasteiger partial charge in [0.2, 0.25) is 0 Å². The molecule has 0 bridgehead atoms. The molecule has 1 aliphatic heterocycles. The molecule has 0 aromatic rings. The summed E-state index contributed by atoms with van der Waals surface area (Å²) in [5.41, 5.74) is 2.27. The van der Waals surface area contributed by atoms with E-state index in [1.807, 2.05) is 24.3 Å². The van der Waals surface area contributed by atoms with Gasteiger partial charge in [-0.15, -0.1) is 0 Å². The van der Waals surface area contributed by atoms with Gasteiger partial charge in [-0.3, -0.25) is 0 Å². The molecule has 20 heavy (non-hydrogen) atoms. The maximum atomic E-state index is 11.2. The van der Waals surface area contributed by atoms with Crippen LogP contribution in [0.1, 0.15) is 19.3 Å². The van der Waals surface area contributed by atoms with Crippen molar-refractivity contribution in [3.8, 4) is 0 Å². The van der Waals surface area contributed by atoms with Crippen LogP contribution in [0.15, 0.2) is 59.4 Å². The first-order valence-electron chi connectivity index (χ1n) is 7.21. The molecule has 3 nitrogen and oxygen atoms in total. The quantitative estimate of drug-likeness (QED) is 0.796. The van der Waals surface area contributed by atoms with Crippen molar-refractivity contribution in [3.63, 3.8) is 0 Å². The van der Waals surface area contributed by atoms with Gasteiger partial charge in [0.05, 0.1) is 11.9 Å². The lowest BCUT2D eigenvalue weighted by atomic mass is 9.74. The Morgan fingerprint density at radius 2 is 2.10 bits per heavy atom. The minimum absolute atomic E-state index is 0.129. The van der Waals surface area contributed by atoms with Crippen molar-refractivity contribution in [2.24, 2.45) is 5.92 Å². The minimum atomic E-state index is -0.770. The largest absolute Gasteiger partial charge is 0.474 e. The molecule has 104 valence electrons. The first-order valence-corrected chi connectivity index (χ1v) is 7.21. The lowest BCUT2D eigenvalue weighted by Crippen LogP contribution is -2.39. The van der Waals surface area contributed by atoms with Gasteiger partial charge in [-0.05, 0) is 30.8 Å². The first-order chi connectivity index (χ1) is 9.79. The lowest BCUT2D eigenvalue weighted by molar-refractivity contribution is -0.0314. The summed E-state index contributed by atoms with van der Waals surface area (Å²) in [5, 5.41) is 11.2. The van der Waals surface area contributed by atoms with Crippen molar-refractivity contribution in [1.29, 1.82) is 0 Å². The molecule has 0 spiro atoms. The van der Waals surface area contributed by atoms with Crippen molar-refractivity contribution in [2.75, 3.05) is 6.79 Å². The van der Waals surface area contributed by atoms with Gasteiger partial charge < -0.3 is 14.6 Å². The fraction of sp³-hybridized carbons (Fsp3) is 0.412. The van der Waals surface area contributed by atoms with Gasteiger partial charge in [-0.2, -0.15) is 0 Å². The summed E-state index contributed by atoms with van der Waals surface area (Å²) in [6.07, 6.45) is 16.6. The summed E-state index contributed by atoms with van der Waals surface area (Å²) in [7, 11) is 0. The van der Waals surface area contributed by atoms with Gasteiger partial charge in [0.15, 0.2) is 6.79 Å². The van der Waals surface area contributed by atoms with Crippen LogP contribution in [0.25, 0.3) is 0 Å². The van der Waals surface area contributed by atoms with Crippen molar-refractivity contribution in [2.45, 2.75) is 31.0 Å². The highest BCUT2D eigenvalue weighted by Crippen LogP contribution is 2.51. The van der Waals surface area contributed by atoms with E-state index in [1.54, 1.807) is 6.26 Å². The smallest absolute Gasteiger partial charge is 0.189 e. The molecule has 2 unspecified atom stereocenters. The Kier molecular flexibility index (Phi) is 2.72. The van der Waals surface area contributed by atoms with Gasteiger partial charge in [0.25, 0.3) is 0 Å². The van der Waals surface area contributed by atoms with Crippen LogP contribution in [0, 0.1) is 5.92 Å². The Bertz CT molecular complexity index is 575. The van der Waals surface area contributed by atoms with Crippen LogP contribution in [-0.4, -0.2) is 23.6 Å². The Balaban J connectivity index is 1.92. The Morgan fingerprint density at radius 3 is 2.95 bits per heavy atom. The Labute approximate surface area is 118 Å². The molecule has 0 aromatic heterocycles. The van der Waals surface area contributed by atoms with Crippen molar-refractivity contribution in [3.05, 3.63) is 59.4 Å². The molecule has 3 heteroatoms. The predicted molar refractivity (Wildman–Crippen MR) is 75.6 cm³/mol. The molecule has 3 aliphatic carbocycles. The molecule has 0 radical (unpaired) electrons. The van der Waals surface area contributed by atoms with Crippen LogP contribution in [-0.2, 0) is 9.47 Å². The zero-order valence-electron chi connectivity index (χ0n) is 11.3. The fourth-order valence-electron chi connectivity index (χ4n) is 3.38. The van der Waals surface area contributed by atoms with Crippen LogP contribution in [0.3, 0.4) is 0 Å². The van der Waals surface area contributed by atoms with E-state index in [0.29, 0.717) is 12.3 Å². The second-order valence-electron chi connectivity index (χ2n) is 5.82. The third-order valence-electron chi connectivity index (χ3n) is 4.49. The van der Waals surface area contributed by atoms with E-state index in [1.165, 1.54) is 0 Å². The van der Waals surface area contributed by atoms with Crippen LogP contribution >= 0.6 is 0 Å². The third kappa shape index (κ3) is 1.81. The standard InChI is InChI=1S/C17H18O3/c18-17(13-7-8-13)9-3-4-12-10-19-11-20-15-6-2-1-5-14(15)16(12)17/h1-6,10,13,15,18H,7-9,11H2. The van der Waals surface area contributed by atoms with E-state index in [-0.39, 0.29) is 12.9 Å². The van der Waals surface area contributed by atoms with Gasteiger partial charge in [-0.1, -0.05) is 36.5 Å². The highest BCUT2D eigenvalue weighted by molar-refractivity contribution is 5.57. The van der Waals surface area contributed by atoms with Crippen LogP contribution in [0.5, 0.6) is 0 Å². The summed E-state index contributed by atoms with van der Waals surface area (Å²) in [4.78, 5) is 0. The molecule has 0 aromatic carbocycles. The zero-order chi connectivity index (χ0) is 13.6. The van der Waals surface area contributed by atoms with E-state index in [9.17, 15) is 5.11 Å². The summed E-state index contributed by atoms with van der Waals surface area (Å²) < 4.78 is 11.2. The highest BCUT2D eigenvalue weighted by atomic mass is 16.7. The highest BCUT2D eigenvalue weighted by Gasteiger charge is 2.49. The van der Waals surface area contributed by atoms with Gasteiger partial charge in [-0.25, -0.2) is 0 Å². The van der Waals surface area contributed by atoms with E-state index in [0.717, 1.165) is 29.6 Å². The summed E-state index contributed by atoms with van der Waals surface area (Å²) in [6, 6.07) is 0. The molecule has 1 fully saturated rings. The maximum Gasteiger partial charge on any atom is 0.189 e. The molecule has 2 atom stereocenters. The Morgan fingerprint density at radius 1 is 1.20 bits per heavy atom. The fourth-order valence-corrected chi connectivity index (χ4v) is 3.38. The number of aliphatic hydroxyl groups is 1. The number of allylic oxidation sites excluding steroid dienone is 3. The van der Waals surface area contributed by atoms with Crippen molar-refractivity contribution >= 4 is 0 Å². The van der Waals surface area contributed by atoms with E-state index in [4.69, 9.17) is 9.47 Å². The summed E-state index contributed by atoms with van der Waals surface area (Å²) in [5.74, 6) is 0.359. The normalized spacial score (nSPS) is 35.6. The summed E-state index contributed by atoms with van der Waals surface area (Å²) >= 11 is 0. The molecule has 1 saturated carbocycles. The van der Waals surface area contributed by atoms with E-state index in [2.05, 4.69) is 12.2 Å². The molecule has 4 rings (SSSR count). The molecule has 0 amide bonds. The monoisotopic (exact) mass is 270 g/mol. The topological polar surface area (TPSA) is 38.7 Å². The molecular formula is C17H18O3. The molecule has 0 saturated heterocycles. The van der Waals surface area contributed by atoms with E-state index < -0.39 is 5.60 Å². The van der Waals surface area contributed by atoms with Gasteiger partial charge in [0.1, 0.15) is 6.10 Å². The molecule has 4 aliphatic rings. The maximum absolute atomic E-state index is 11.2. The summed E-state index contributed by atoms with van der Waals surface area (Å²) in [6.45, 7) is 0.235. The molecule has 1 heterocycles. The SMILES string of the molecule is OC1(C2CC2)CC=CC2=COCOC3C=CC=CC3=C21. The number of ether oxygens (including phenoxy) is 2. The molecule has 1 N–H and O–H groups in total. The average Bonchev–Trinajstić information content (AvgIpc) is 3.26. The number of rotatable bonds is 1. The van der Waals surface area contributed by atoms with Gasteiger partial charge in [0, 0.05) is 11.1 Å².